The molecule has 4 heteroatoms. The van der Waals surface area contributed by atoms with Crippen molar-refractivity contribution in [3.63, 3.8) is 0 Å². The Bertz CT molecular complexity index is 411. The van der Waals surface area contributed by atoms with Crippen LogP contribution in [0.25, 0.3) is 0 Å². The number of aliphatic hydroxyl groups is 1. The molecule has 1 amide bonds. The second-order valence-electron chi connectivity index (χ2n) is 5.32. The number of amides is 1. The zero-order chi connectivity index (χ0) is 13.7. The van der Waals surface area contributed by atoms with Crippen LogP contribution < -0.4 is 5.32 Å². The molecule has 1 aliphatic rings. The molecule has 104 valence electrons. The number of benzene rings is 1. The summed E-state index contributed by atoms with van der Waals surface area (Å²) in [6, 6.07) is 10.1. The third-order valence-corrected chi connectivity index (χ3v) is 3.77. The number of hydrogen-bond acceptors (Lipinski definition) is 3. The predicted molar refractivity (Wildman–Crippen MR) is 74.6 cm³/mol. The molecule has 1 fully saturated rings. The summed E-state index contributed by atoms with van der Waals surface area (Å²) in [7, 11) is 0. The molecule has 0 saturated carbocycles. The van der Waals surface area contributed by atoms with E-state index in [0.29, 0.717) is 32.5 Å². The third kappa shape index (κ3) is 4.04. The van der Waals surface area contributed by atoms with Gasteiger partial charge in [-0.15, -0.1) is 0 Å². The van der Waals surface area contributed by atoms with Crippen molar-refractivity contribution < 1.29 is 9.90 Å². The van der Waals surface area contributed by atoms with E-state index in [9.17, 15) is 9.90 Å². The zero-order valence-corrected chi connectivity index (χ0v) is 11.4. The lowest BCUT2D eigenvalue weighted by Gasteiger charge is -2.38. The molecule has 1 saturated heterocycles. The van der Waals surface area contributed by atoms with Crippen molar-refractivity contribution in [1.82, 2.24) is 10.2 Å². The summed E-state index contributed by atoms with van der Waals surface area (Å²) in [5.74, 6) is 0.0966. The first-order valence-corrected chi connectivity index (χ1v) is 6.82. The highest BCUT2D eigenvalue weighted by Gasteiger charge is 2.32. The monoisotopic (exact) mass is 262 g/mol. The van der Waals surface area contributed by atoms with E-state index in [1.807, 2.05) is 18.2 Å². The molecular formula is C15H22N2O2. The van der Waals surface area contributed by atoms with Gasteiger partial charge in [0.25, 0.3) is 0 Å². The van der Waals surface area contributed by atoms with Crippen molar-refractivity contribution in [2.45, 2.75) is 31.9 Å². The van der Waals surface area contributed by atoms with Gasteiger partial charge < -0.3 is 15.3 Å². The quantitative estimate of drug-likeness (QED) is 0.856. The number of rotatable bonds is 4. The zero-order valence-electron chi connectivity index (χ0n) is 11.4. The number of nitrogens with one attached hydrogen (secondary N) is 1. The first-order valence-electron chi connectivity index (χ1n) is 6.82. The first-order chi connectivity index (χ1) is 9.09. The lowest BCUT2D eigenvalue weighted by atomic mass is 9.91. The normalized spacial score (nSPS) is 18.3. The minimum absolute atomic E-state index is 0.0966. The Morgan fingerprint density at radius 3 is 2.53 bits per heavy atom. The number of nitrogens with zero attached hydrogens (tertiary/aromatic N) is 1. The molecule has 4 nitrogen and oxygen atoms in total. The Balaban J connectivity index is 1.75. The van der Waals surface area contributed by atoms with Gasteiger partial charge in [0.1, 0.15) is 0 Å². The second-order valence-corrected chi connectivity index (χ2v) is 5.32. The lowest BCUT2D eigenvalue weighted by Crippen LogP contribution is -2.50. The van der Waals surface area contributed by atoms with Crippen LogP contribution in [0, 0.1) is 0 Å². The van der Waals surface area contributed by atoms with Crippen molar-refractivity contribution in [1.29, 1.82) is 0 Å². The Kier molecular flexibility index (Phi) is 4.56. The van der Waals surface area contributed by atoms with Gasteiger partial charge >= 0.3 is 0 Å². The average Bonchev–Trinajstić information content (AvgIpc) is 2.40. The van der Waals surface area contributed by atoms with Gasteiger partial charge in [-0.25, -0.2) is 0 Å². The molecule has 0 aromatic heterocycles. The van der Waals surface area contributed by atoms with Crippen molar-refractivity contribution in [3.8, 4) is 0 Å². The predicted octanol–water partition coefficient (Wildman–Crippen LogP) is 1.15. The molecule has 0 atom stereocenters. The van der Waals surface area contributed by atoms with Crippen molar-refractivity contribution in [3.05, 3.63) is 35.9 Å². The Morgan fingerprint density at radius 1 is 1.32 bits per heavy atom. The summed E-state index contributed by atoms with van der Waals surface area (Å²) in [5.41, 5.74) is 0.535. The fraction of sp³-hybridized carbons (Fsp3) is 0.533. The van der Waals surface area contributed by atoms with E-state index in [2.05, 4.69) is 17.4 Å². The Hall–Kier alpha value is -1.39. The lowest BCUT2D eigenvalue weighted by molar-refractivity contribution is -0.132. The van der Waals surface area contributed by atoms with Crippen molar-refractivity contribution in [2.75, 3.05) is 19.6 Å². The van der Waals surface area contributed by atoms with Crippen LogP contribution in [0.15, 0.2) is 30.3 Å². The summed E-state index contributed by atoms with van der Waals surface area (Å²) in [5, 5.41) is 13.8. The average molecular weight is 262 g/mol. The fourth-order valence-electron chi connectivity index (χ4n) is 2.45. The molecule has 0 spiro atoms. The van der Waals surface area contributed by atoms with E-state index in [1.165, 1.54) is 5.56 Å². The van der Waals surface area contributed by atoms with E-state index >= 15 is 0 Å². The minimum Gasteiger partial charge on any atom is -0.388 e. The van der Waals surface area contributed by atoms with Crippen molar-refractivity contribution in [2.24, 2.45) is 0 Å². The van der Waals surface area contributed by atoms with E-state index in [1.54, 1.807) is 11.8 Å². The molecule has 0 unspecified atom stereocenters. The largest absolute Gasteiger partial charge is 0.388 e. The summed E-state index contributed by atoms with van der Waals surface area (Å²) in [4.78, 5) is 13.0. The summed E-state index contributed by atoms with van der Waals surface area (Å²) < 4.78 is 0. The topological polar surface area (TPSA) is 52.6 Å². The van der Waals surface area contributed by atoms with Gasteiger partial charge in [0.05, 0.1) is 5.60 Å². The minimum atomic E-state index is -0.680. The number of carbonyl (C=O) groups excluding carboxylic acids is 1. The van der Waals surface area contributed by atoms with Crippen LogP contribution in [0.1, 0.15) is 25.3 Å². The van der Waals surface area contributed by atoms with Crippen LogP contribution in [-0.4, -0.2) is 41.1 Å². The van der Waals surface area contributed by atoms with Crippen LogP contribution in [-0.2, 0) is 11.3 Å². The molecule has 19 heavy (non-hydrogen) atoms. The van der Waals surface area contributed by atoms with Gasteiger partial charge in [-0.2, -0.15) is 0 Å². The number of piperidine rings is 1. The van der Waals surface area contributed by atoms with E-state index in [4.69, 9.17) is 0 Å². The van der Waals surface area contributed by atoms with E-state index in [-0.39, 0.29) is 5.91 Å². The number of carbonyl (C=O) groups is 1. The highest BCUT2D eigenvalue weighted by Crippen LogP contribution is 2.21. The molecule has 1 aromatic rings. The van der Waals surface area contributed by atoms with Crippen molar-refractivity contribution >= 4 is 5.91 Å². The van der Waals surface area contributed by atoms with Gasteiger partial charge in [-0.3, -0.25) is 4.79 Å². The molecule has 2 rings (SSSR count). The summed E-state index contributed by atoms with van der Waals surface area (Å²) in [6.45, 7) is 4.23. The fourth-order valence-corrected chi connectivity index (χ4v) is 2.45. The SMILES string of the molecule is CC(=O)N1CCC(O)(CNCc2ccccc2)CC1. The highest BCUT2D eigenvalue weighted by molar-refractivity contribution is 5.73. The molecular weight excluding hydrogens is 240 g/mol. The number of likely N-dealkylation sites (tertiary alicyclic amines) is 1. The molecule has 0 radical (unpaired) electrons. The summed E-state index contributed by atoms with van der Waals surface area (Å²) >= 11 is 0. The number of hydrogen-bond donors (Lipinski definition) is 2. The van der Waals surface area contributed by atoms with E-state index in [0.717, 1.165) is 6.54 Å². The Labute approximate surface area is 114 Å². The standard InChI is InChI=1S/C15H22N2O2/c1-13(18)17-9-7-15(19,8-10-17)12-16-11-14-5-3-2-4-6-14/h2-6,16,19H,7-12H2,1H3. The van der Waals surface area contributed by atoms with Gasteiger partial charge in [0.15, 0.2) is 0 Å². The van der Waals surface area contributed by atoms with Crippen LogP contribution in [0.2, 0.25) is 0 Å². The molecule has 0 aliphatic carbocycles. The van der Waals surface area contributed by atoms with Crippen LogP contribution in [0.4, 0.5) is 0 Å². The maximum absolute atomic E-state index is 11.2. The first kappa shape index (κ1) is 14.0. The van der Waals surface area contributed by atoms with Gasteiger partial charge in [0, 0.05) is 33.1 Å². The molecule has 1 heterocycles. The third-order valence-electron chi connectivity index (χ3n) is 3.77. The van der Waals surface area contributed by atoms with Crippen LogP contribution in [0.5, 0.6) is 0 Å². The molecule has 2 N–H and O–H groups in total. The van der Waals surface area contributed by atoms with Gasteiger partial charge in [-0.1, -0.05) is 30.3 Å². The van der Waals surface area contributed by atoms with Crippen LogP contribution >= 0.6 is 0 Å². The maximum atomic E-state index is 11.2. The smallest absolute Gasteiger partial charge is 0.219 e. The second kappa shape index (κ2) is 6.17. The van der Waals surface area contributed by atoms with Gasteiger partial charge in [-0.05, 0) is 18.4 Å². The van der Waals surface area contributed by atoms with Gasteiger partial charge in [0.2, 0.25) is 5.91 Å². The molecule has 1 aliphatic heterocycles. The maximum Gasteiger partial charge on any atom is 0.219 e. The van der Waals surface area contributed by atoms with E-state index < -0.39 is 5.60 Å². The summed E-state index contributed by atoms with van der Waals surface area (Å²) in [6.07, 6.45) is 1.29. The van der Waals surface area contributed by atoms with Crippen LogP contribution in [0.3, 0.4) is 0 Å². The molecule has 1 aromatic carbocycles. The highest BCUT2D eigenvalue weighted by atomic mass is 16.3. The Morgan fingerprint density at radius 2 is 1.95 bits per heavy atom. The molecule has 0 bridgehead atoms.